The lowest BCUT2D eigenvalue weighted by Crippen LogP contribution is -1.94. The highest BCUT2D eigenvalue weighted by molar-refractivity contribution is 7.85. The lowest BCUT2D eigenvalue weighted by atomic mass is 10.3. The maximum Gasteiger partial charge on any atom is 0.0959 e. The van der Waals surface area contributed by atoms with Gasteiger partial charge in [-0.3, -0.25) is 4.21 Å². The van der Waals surface area contributed by atoms with Gasteiger partial charge in [-0.1, -0.05) is 11.6 Å². The summed E-state index contributed by atoms with van der Waals surface area (Å²) in [5.41, 5.74) is 0.938. The average Bonchev–Trinajstić information content (AvgIpc) is 2.33. The Kier molecular flexibility index (Phi) is 1.62. The molecule has 0 saturated heterocycles. The highest BCUT2D eigenvalue weighted by Crippen LogP contribution is 2.28. The monoisotopic (exact) mass is 187 g/mol. The number of halogens is 1. The lowest BCUT2D eigenvalue weighted by Gasteiger charge is -1.95. The second-order valence-corrected chi connectivity index (χ2v) is 4.16. The minimum Gasteiger partial charge on any atom is -0.372 e. The predicted molar refractivity (Wildman–Crippen MR) is 46.4 cm³/mol. The highest BCUT2D eigenvalue weighted by Gasteiger charge is 2.16. The molecule has 0 fully saturated rings. The van der Waals surface area contributed by atoms with E-state index in [1.807, 2.05) is 6.07 Å². The third-order valence-electron chi connectivity index (χ3n) is 1.58. The van der Waals surface area contributed by atoms with Crippen LogP contribution in [-0.2, 0) is 10.8 Å². The molecule has 2 nitrogen and oxygen atoms in total. The van der Waals surface area contributed by atoms with Crippen LogP contribution in [0.2, 0.25) is 5.02 Å². The summed E-state index contributed by atoms with van der Waals surface area (Å²) in [6, 6.07) is 5.38. The summed E-state index contributed by atoms with van der Waals surface area (Å²) >= 11 is 5.73. The molecule has 0 radical (unpaired) electrons. The van der Waals surface area contributed by atoms with Crippen LogP contribution >= 0.6 is 11.6 Å². The van der Waals surface area contributed by atoms with Crippen molar-refractivity contribution in [3.63, 3.8) is 0 Å². The molecular weight excluding hydrogens is 182 g/mol. The molecule has 0 saturated carbocycles. The van der Waals surface area contributed by atoms with Gasteiger partial charge in [0, 0.05) is 5.02 Å². The Morgan fingerprint density at radius 3 is 3.18 bits per heavy atom. The standard InChI is InChI=1S/C7H6ClNOS/c8-5-1-2-6-7(3-5)11(10)4-9-6/h1-3,9H,4H2. The molecule has 1 N–H and O–H groups in total. The maximum absolute atomic E-state index is 11.2. The van der Waals surface area contributed by atoms with Crippen LogP contribution in [0.1, 0.15) is 0 Å². The van der Waals surface area contributed by atoms with Gasteiger partial charge in [0.1, 0.15) is 0 Å². The van der Waals surface area contributed by atoms with Crippen LogP contribution in [0.25, 0.3) is 0 Å². The van der Waals surface area contributed by atoms with Gasteiger partial charge in [-0.05, 0) is 18.2 Å². The molecule has 1 aliphatic rings. The van der Waals surface area contributed by atoms with Gasteiger partial charge in [0.05, 0.1) is 27.3 Å². The fourth-order valence-electron chi connectivity index (χ4n) is 1.05. The maximum atomic E-state index is 11.2. The van der Waals surface area contributed by atoms with Gasteiger partial charge in [-0.15, -0.1) is 0 Å². The molecule has 1 heterocycles. The number of anilines is 1. The molecule has 1 aromatic carbocycles. The van der Waals surface area contributed by atoms with Gasteiger partial charge in [-0.25, -0.2) is 0 Å². The van der Waals surface area contributed by atoms with Crippen LogP contribution in [0, 0.1) is 0 Å². The number of hydrogen-bond acceptors (Lipinski definition) is 2. The number of benzene rings is 1. The summed E-state index contributed by atoms with van der Waals surface area (Å²) in [7, 11) is -0.904. The van der Waals surface area contributed by atoms with Crippen LogP contribution in [-0.4, -0.2) is 10.1 Å². The molecule has 0 aromatic heterocycles. The Labute approximate surface area is 72.0 Å². The van der Waals surface area contributed by atoms with Crippen molar-refractivity contribution in [2.75, 3.05) is 11.2 Å². The normalized spacial score (nSPS) is 21.0. The van der Waals surface area contributed by atoms with E-state index in [2.05, 4.69) is 5.32 Å². The number of hydrogen-bond donors (Lipinski definition) is 1. The summed E-state index contributed by atoms with van der Waals surface area (Å²) in [6.45, 7) is 0. The first kappa shape index (κ1) is 7.13. The minimum absolute atomic E-state index is 0.510. The quantitative estimate of drug-likeness (QED) is 0.672. The second-order valence-electron chi connectivity index (χ2n) is 2.31. The van der Waals surface area contributed by atoms with Crippen molar-refractivity contribution in [2.24, 2.45) is 0 Å². The summed E-state index contributed by atoms with van der Waals surface area (Å²) < 4.78 is 11.2. The van der Waals surface area contributed by atoms with Crippen molar-refractivity contribution in [3.8, 4) is 0 Å². The van der Waals surface area contributed by atoms with E-state index in [0.29, 0.717) is 10.9 Å². The Bertz CT molecular complexity index is 326. The lowest BCUT2D eigenvalue weighted by molar-refractivity contribution is 0.686. The van der Waals surface area contributed by atoms with Gasteiger partial charge in [-0.2, -0.15) is 0 Å². The largest absolute Gasteiger partial charge is 0.372 e. The molecule has 4 heteroatoms. The molecule has 0 bridgehead atoms. The first-order chi connectivity index (χ1) is 5.27. The molecule has 1 aliphatic heterocycles. The second kappa shape index (κ2) is 2.50. The summed E-state index contributed by atoms with van der Waals surface area (Å²) in [4.78, 5) is 0.817. The Morgan fingerprint density at radius 1 is 1.55 bits per heavy atom. The first-order valence-corrected chi connectivity index (χ1v) is 4.89. The minimum atomic E-state index is -0.904. The van der Waals surface area contributed by atoms with Crippen LogP contribution in [0.5, 0.6) is 0 Å². The van der Waals surface area contributed by atoms with E-state index in [-0.39, 0.29) is 0 Å². The van der Waals surface area contributed by atoms with Crippen molar-refractivity contribution in [1.29, 1.82) is 0 Å². The zero-order valence-corrected chi connectivity index (χ0v) is 7.21. The zero-order chi connectivity index (χ0) is 7.84. The van der Waals surface area contributed by atoms with E-state index in [1.165, 1.54) is 0 Å². The number of fused-ring (bicyclic) bond motifs is 1. The van der Waals surface area contributed by atoms with E-state index >= 15 is 0 Å². The van der Waals surface area contributed by atoms with Gasteiger partial charge in [0.15, 0.2) is 0 Å². The molecule has 0 aliphatic carbocycles. The third kappa shape index (κ3) is 1.14. The fraction of sp³-hybridized carbons (Fsp3) is 0.143. The van der Waals surface area contributed by atoms with E-state index in [1.54, 1.807) is 12.1 Å². The molecule has 2 rings (SSSR count). The average molecular weight is 188 g/mol. The SMILES string of the molecule is O=S1CNc2ccc(Cl)cc21. The van der Waals surface area contributed by atoms with E-state index in [0.717, 1.165) is 10.6 Å². The topological polar surface area (TPSA) is 29.1 Å². The van der Waals surface area contributed by atoms with Crippen LogP contribution in [0.4, 0.5) is 5.69 Å². The van der Waals surface area contributed by atoms with Crippen molar-refractivity contribution in [1.82, 2.24) is 0 Å². The molecule has 0 amide bonds. The van der Waals surface area contributed by atoms with Gasteiger partial charge in [0.2, 0.25) is 0 Å². The first-order valence-electron chi connectivity index (χ1n) is 3.19. The van der Waals surface area contributed by atoms with Crippen LogP contribution in [0.3, 0.4) is 0 Å². The Hall–Kier alpha value is -0.540. The molecule has 0 spiro atoms. The molecule has 11 heavy (non-hydrogen) atoms. The van der Waals surface area contributed by atoms with Crippen molar-refractivity contribution < 1.29 is 4.21 Å². The summed E-state index contributed by atoms with van der Waals surface area (Å²) in [6.07, 6.45) is 0. The molecule has 58 valence electrons. The predicted octanol–water partition coefficient (Wildman–Crippen LogP) is 1.83. The summed E-state index contributed by atoms with van der Waals surface area (Å²) in [5, 5.41) is 3.66. The van der Waals surface area contributed by atoms with Gasteiger partial charge in [0.25, 0.3) is 0 Å². The van der Waals surface area contributed by atoms with Crippen molar-refractivity contribution in [2.45, 2.75) is 4.90 Å². The molecule has 1 unspecified atom stereocenters. The van der Waals surface area contributed by atoms with Crippen molar-refractivity contribution >= 4 is 28.1 Å². The Balaban J connectivity index is 2.60. The van der Waals surface area contributed by atoms with Gasteiger partial charge < -0.3 is 5.32 Å². The van der Waals surface area contributed by atoms with Crippen LogP contribution in [0.15, 0.2) is 23.1 Å². The fourth-order valence-corrected chi connectivity index (χ4v) is 2.37. The highest BCUT2D eigenvalue weighted by atomic mass is 35.5. The van der Waals surface area contributed by atoms with E-state index in [4.69, 9.17) is 11.6 Å². The van der Waals surface area contributed by atoms with Crippen molar-refractivity contribution in [3.05, 3.63) is 23.2 Å². The van der Waals surface area contributed by atoms with Crippen LogP contribution < -0.4 is 5.32 Å². The Morgan fingerprint density at radius 2 is 2.36 bits per heavy atom. The van der Waals surface area contributed by atoms with E-state index < -0.39 is 10.8 Å². The molecule has 1 aromatic rings. The summed E-state index contributed by atoms with van der Waals surface area (Å²) in [5.74, 6) is 0.510. The number of nitrogens with one attached hydrogen (secondary N) is 1. The van der Waals surface area contributed by atoms with Gasteiger partial charge >= 0.3 is 0 Å². The number of rotatable bonds is 0. The molecule has 1 atom stereocenters. The third-order valence-corrected chi connectivity index (χ3v) is 3.05. The zero-order valence-electron chi connectivity index (χ0n) is 5.63. The molecular formula is C7H6ClNOS. The van der Waals surface area contributed by atoms with E-state index in [9.17, 15) is 4.21 Å². The smallest absolute Gasteiger partial charge is 0.0959 e.